The number of likely N-dealkylation sites (tertiary alicyclic amines) is 1. The van der Waals surface area contributed by atoms with Gasteiger partial charge in [0.2, 0.25) is 0 Å². The number of carbonyl (C=O) groups excluding carboxylic acids is 2. The molecule has 1 radical (unpaired) electrons. The van der Waals surface area contributed by atoms with Crippen molar-refractivity contribution in [2.75, 3.05) is 13.1 Å². The molecule has 0 aliphatic carbocycles. The second-order valence-corrected chi connectivity index (χ2v) is 5.44. The number of urea groups is 1. The molecular formula is C12H22N2O3+. The van der Waals surface area contributed by atoms with E-state index in [1.54, 1.807) is 20.8 Å². The number of ether oxygens (including phenoxy) is 1. The van der Waals surface area contributed by atoms with Crippen LogP contribution in [0.4, 0.5) is 9.59 Å². The third-order valence-corrected chi connectivity index (χ3v) is 2.86. The Labute approximate surface area is 103 Å². The molecule has 5 nitrogen and oxygen atoms in total. The zero-order valence-corrected chi connectivity index (χ0v) is 10.9. The molecule has 1 saturated heterocycles. The Balaban J connectivity index is 2.90. The molecular weight excluding hydrogens is 220 g/mol. The van der Waals surface area contributed by atoms with Crippen molar-refractivity contribution in [3.63, 3.8) is 0 Å². The summed E-state index contributed by atoms with van der Waals surface area (Å²) in [5.41, 5.74) is -0.582. The zero-order valence-electron chi connectivity index (χ0n) is 10.9. The zero-order chi connectivity index (χ0) is 13.1. The number of carbonyl (C=O) groups is 2. The summed E-state index contributed by atoms with van der Waals surface area (Å²) in [5, 5.41) is 2.32. The van der Waals surface area contributed by atoms with Crippen LogP contribution >= 0.6 is 0 Å². The molecule has 1 rings (SSSR count). The van der Waals surface area contributed by atoms with Crippen LogP contribution in [-0.2, 0) is 4.74 Å². The van der Waals surface area contributed by atoms with Gasteiger partial charge in [-0.25, -0.2) is 4.79 Å². The van der Waals surface area contributed by atoms with Crippen LogP contribution in [0.5, 0.6) is 0 Å². The summed E-state index contributed by atoms with van der Waals surface area (Å²) >= 11 is 0. The Morgan fingerprint density at radius 1 is 1.18 bits per heavy atom. The second kappa shape index (κ2) is 5.04. The maximum Gasteiger partial charge on any atom is 0.525 e. The fraction of sp³-hybridized carbons (Fsp3) is 0.750. The van der Waals surface area contributed by atoms with Crippen LogP contribution in [-0.4, -0.2) is 35.3 Å². The molecule has 17 heavy (non-hydrogen) atoms. The molecule has 0 unspecified atom stereocenters. The van der Waals surface area contributed by atoms with Crippen LogP contribution in [0.1, 0.15) is 40.0 Å². The smallest absolute Gasteiger partial charge is 0.414 e. The van der Waals surface area contributed by atoms with Gasteiger partial charge < -0.3 is 10.1 Å². The van der Waals surface area contributed by atoms with Gasteiger partial charge in [0.25, 0.3) is 0 Å². The summed E-state index contributed by atoms with van der Waals surface area (Å²) in [5.74, 6) is 0. The van der Waals surface area contributed by atoms with E-state index in [1.807, 2.05) is 0 Å². The van der Waals surface area contributed by atoms with Gasteiger partial charge in [-0.1, -0.05) is 0 Å². The molecule has 1 aliphatic heterocycles. The minimum atomic E-state index is -0.582. The largest absolute Gasteiger partial charge is 0.525 e. The van der Waals surface area contributed by atoms with Gasteiger partial charge in [0.05, 0.1) is 13.1 Å². The van der Waals surface area contributed by atoms with Crippen LogP contribution in [0.25, 0.3) is 0 Å². The van der Waals surface area contributed by atoms with Gasteiger partial charge in [-0.3, -0.25) is 0 Å². The van der Waals surface area contributed by atoms with Crippen LogP contribution < -0.4 is 5.32 Å². The molecule has 0 aromatic carbocycles. The second-order valence-electron chi connectivity index (χ2n) is 5.44. The molecule has 1 fully saturated rings. The Morgan fingerprint density at radius 2 is 1.71 bits per heavy atom. The molecule has 0 bridgehead atoms. The maximum atomic E-state index is 12.2. The Morgan fingerprint density at radius 3 is 2.12 bits per heavy atom. The van der Waals surface area contributed by atoms with E-state index in [9.17, 15) is 9.59 Å². The van der Waals surface area contributed by atoms with Crippen LogP contribution in [0.15, 0.2) is 0 Å². The van der Waals surface area contributed by atoms with E-state index in [0.29, 0.717) is 13.1 Å². The first kappa shape index (κ1) is 14.0. The first-order valence-electron chi connectivity index (χ1n) is 6.00. The number of piperidine rings is 1. The van der Waals surface area contributed by atoms with Crippen LogP contribution in [0.3, 0.4) is 0 Å². The number of imide groups is 1. The molecule has 3 amide bonds. The molecule has 1 N–H and O–H groups in total. The summed E-state index contributed by atoms with van der Waals surface area (Å²) in [4.78, 5) is 24.1. The number of hydrogen-bond donors (Lipinski definition) is 1. The highest BCUT2D eigenvalue weighted by atomic mass is 16.6. The van der Waals surface area contributed by atoms with Crippen molar-refractivity contribution in [2.45, 2.75) is 45.6 Å². The lowest BCUT2D eigenvalue weighted by Crippen LogP contribution is -2.63. The number of amides is 3. The minimum absolute atomic E-state index is 0.277. The molecule has 0 aromatic heterocycles. The number of nitrogens with one attached hydrogen (secondary N) is 1. The van der Waals surface area contributed by atoms with Crippen molar-refractivity contribution in [3.8, 4) is 0 Å². The quantitative estimate of drug-likeness (QED) is 0.664. The molecule has 97 valence electrons. The van der Waals surface area contributed by atoms with E-state index < -0.39 is 11.7 Å². The first-order chi connectivity index (χ1) is 7.82. The lowest BCUT2D eigenvalue weighted by atomic mass is 10.1. The predicted octanol–water partition coefficient (Wildman–Crippen LogP) is 2.42. The summed E-state index contributed by atoms with van der Waals surface area (Å²) in [7, 11) is 3.36. The van der Waals surface area contributed by atoms with Crippen molar-refractivity contribution < 1.29 is 18.8 Å². The van der Waals surface area contributed by atoms with Gasteiger partial charge in [0.1, 0.15) is 5.60 Å². The SMILES string of the molecule is [CH2]NC(=O)[N+]1(C(=O)OC(C)(C)C)CCCCC1. The van der Waals surface area contributed by atoms with Gasteiger partial charge in [0, 0.05) is 7.05 Å². The monoisotopic (exact) mass is 242 g/mol. The average molecular weight is 242 g/mol. The van der Waals surface area contributed by atoms with E-state index in [1.165, 1.54) is 0 Å². The van der Waals surface area contributed by atoms with Gasteiger partial charge in [0.15, 0.2) is 0 Å². The normalized spacial score (nSPS) is 19.5. The highest BCUT2D eigenvalue weighted by Gasteiger charge is 2.48. The standard InChI is InChI=1S/C12H22N2O3/c1-12(2,3)17-11(16)14(10(15)13-4)8-6-5-7-9-14/h4-9H2,1-3H3,(H,13,15)/q+1. The number of nitrogens with zero attached hydrogens (tertiary/aromatic N) is 1. The summed E-state index contributed by atoms with van der Waals surface area (Å²) in [6.07, 6.45) is 2.28. The number of hydrogen-bond acceptors (Lipinski definition) is 3. The van der Waals surface area contributed by atoms with Gasteiger partial charge in [-0.05, 0) is 40.0 Å². The lowest BCUT2D eigenvalue weighted by molar-refractivity contribution is -0.784. The topological polar surface area (TPSA) is 55.4 Å². The molecule has 0 atom stereocenters. The molecule has 5 heteroatoms. The van der Waals surface area contributed by atoms with Crippen molar-refractivity contribution >= 4 is 12.1 Å². The number of quaternary nitrogens is 1. The summed E-state index contributed by atoms with van der Waals surface area (Å²) in [6, 6.07) is -0.376. The predicted molar refractivity (Wildman–Crippen MR) is 64.0 cm³/mol. The minimum Gasteiger partial charge on any atom is -0.414 e. The van der Waals surface area contributed by atoms with Crippen molar-refractivity contribution in [1.82, 2.24) is 5.32 Å². The number of rotatable bonds is 0. The van der Waals surface area contributed by atoms with Crippen LogP contribution in [0.2, 0.25) is 0 Å². The molecule has 0 aromatic rings. The van der Waals surface area contributed by atoms with Crippen molar-refractivity contribution in [1.29, 1.82) is 0 Å². The van der Waals surface area contributed by atoms with Crippen molar-refractivity contribution in [2.24, 2.45) is 0 Å². The molecule has 0 saturated carbocycles. The van der Waals surface area contributed by atoms with Gasteiger partial charge in [-0.2, -0.15) is 4.79 Å². The van der Waals surface area contributed by atoms with E-state index in [2.05, 4.69) is 12.4 Å². The Kier molecular flexibility index (Phi) is 4.14. The van der Waals surface area contributed by atoms with Crippen LogP contribution in [0, 0.1) is 7.05 Å². The van der Waals surface area contributed by atoms with Gasteiger partial charge in [-0.15, -0.1) is 4.48 Å². The lowest BCUT2D eigenvalue weighted by Gasteiger charge is -2.35. The first-order valence-corrected chi connectivity index (χ1v) is 6.00. The van der Waals surface area contributed by atoms with E-state index in [-0.39, 0.29) is 10.5 Å². The fourth-order valence-corrected chi connectivity index (χ4v) is 2.02. The van der Waals surface area contributed by atoms with E-state index in [0.717, 1.165) is 19.3 Å². The van der Waals surface area contributed by atoms with E-state index >= 15 is 0 Å². The summed E-state index contributed by atoms with van der Waals surface area (Å²) < 4.78 is 5.07. The Hall–Kier alpha value is -1.10. The Bertz CT molecular complexity index is 301. The molecule has 1 heterocycles. The fourth-order valence-electron chi connectivity index (χ4n) is 2.02. The third-order valence-electron chi connectivity index (χ3n) is 2.86. The third kappa shape index (κ3) is 3.19. The average Bonchev–Trinajstić information content (AvgIpc) is 2.26. The molecule has 1 aliphatic rings. The van der Waals surface area contributed by atoms with E-state index in [4.69, 9.17) is 4.74 Å². The molecule has 0 spiro atoms. The van der Waals surface area contributed by atoms with Crippen molar-refractivity contribution in [3.05, 3.63) is 7.05 Å². The summed E-state index contributed by atoms with van der Waals surface area (Å²) in [6.45, 7) is 6.39. The highest BCUT2D eigenvalue weighted by Crippen LogP contribution is 2.23. The maximum absolute atomic E-state index is 12.2. The van der Waals surface area contributed by atoms with Gasteiger partial charge >= 0.3 is 12.1 Å². The highest BCUT2D eigenvalue weighted by molar-refractivity contribution is 5.80.